The molecule has 0 saturated heterocycles. The van der Waals surface area contributed by atoms with Gasteiger partial charge in [-0.15, -0.1) is 0 Å². The van der Waals surface area contributed by atoms with Crippen LogP contribution in [0.2, 0.25) is 0 Å². The largest absolute Gasteiger partial charge is 0.415 e. The topological polar surface area (TPSA) is 49.4 Å². The maximum absolute atomic E-state index is 13.9. The zero-order valence-corrected chi connectivity index (χ0v) is 15.9. The summed E-state index contributed by atoms with van der Waals surface area (Å²) in [6.45, 7) is 5.09. The summed E-state index contributed by atoms with van der Waals surface area (Å²) < 4.78 is 41.7. The van der Waals surface area contributed by atoms with Crippen molar-refractivity contribution in [3.63, 3.8) is 0 Å². The Bertz CT molecular complexity index is 669. The van der Waals surface area contributed by atoms with E-state index in [-0.39, 0.29) is 37.2 Å². The first kappa shape index (κ1) is 21.3. The summed E-state index contributed by atoms with van der Waals surface area (Å²) in [5.74, 6) is -0.938. The molecule has 1 N–H and O–H groups in total. The molecule has 0 fully saturated rings. The van der Waals surface area contributed by atoms with Gasteiger partial charge in [-0.1, -0.05) is 38.1 Å². The van der Waals surface area contributed by atoms with Crippen LogP contribution in [-0.4, -0.2) is 36.0 Å². The lowest BCUT2D eigenvalue weighted by atomic mass is 9.90. The van der Waals surface area contributed by atoms with Gasteiger partial charge in [-0.2, -0.15) is 13.2 Å². The smallest absolute Gasteiger partial charge is 0.343 e. The molecule has 0 spiro atoms. The highest BCUT2D eigenvalue weighted by atomic mass is 19.4. The number of carbonyl (C=O) groups is 2. The van der Waals surface area contributed by atoms with Crippen LogP contribution in [-0.2, 0) is 21.5 Å². The fourth-order valence-electron chi connectivity index (χ4n) is 3.69. The molecule has 0 aliphatic heterocycles. The fraction of sp³-hybridized carbons (Fsp3) is 0.600. The number of carbonyl (C=O) groups excluding carboxylic acids is 2. The number of nitrogens with zero attached hydrogens (tertiary/aromatic N) is 1. The summed E-state index contributed by atoms with van der Waals surface area (Å²) >= 11 is 0. The predicted molar refractivity (Wildman–Crippen MR) is 97.0 cm³/mol. The molecule has 4 nitrogen and oxygen atoms in total. The third-order valence-electron chi connectivity index (χ3n) is 4.99. The molecule has 2 rings (SSSR count). The van der Waals surface area contributed by atoms with Crippen LogP contribution in [0, 0.1) is 0 Å². The van der Waals surface area contributed by atoms with Crippen LogP contribution in [0.5, 0.6) is 0 Å². The highest BCUT2D eigenvalue weighted by Gasteiger charge is 2.59. The van der Waals surface area contributed by atoms with E-state index in [2.05, 4.69) is 5.32 Å². The molecule has 1 atom stereocenters. The van der Waals surface area contributed by atoms with E-state index in [4.69, 9.17) is 0 Å². The summed E-state index contributed by atoms with van der Waals surface area (Å²) in [5.41, 5.74) is -1.66. The van der Waals surface area contributed by atoms with Crippen molar-refractivity contribution in [1.82, 2.24) is 10.2 Å². The van der Waals surface area contributed by atoms with Gasteiger partial charge in [-0.25, -0.2) is 0 Å². The van der Waals surface area contributed by atoms with Crippen molar-refractivity contribution in [2.75, 3.05) is 13.1 Å². The van der Waals surface area contributed by atoms with Gasteiger partial charge in [-0.05, 0) is 36.8 Å². The summed E-state index contributed by atoms with van der Waals surface area (Å²) in [6.07, 6.45) is -3.29. The van der Waals surface area contributed by atoms with Crippen LogP contribution in [0.15, 0.2) is 24.3 Å². The highest BCUT2D eigenvalue weighted by molar-refractivity contribution is 5.84. The van der Waals surface area contributed by atoms with Gasteiger partial charge in [0.25, 0.3) is 0 Å². The normalized spacial score (nSPS) is 18.9. The molecule has 0 heterocycles. The van der Waals surface area contributed by atoms with Crippen LogP contribution in [0.1, 0.15) is 57.1 Å². The molecule has 1 aromatic carbocycles. The van der Waals surface area contributed by atoms with Gasteiger partial charge in [0.05, 0.1) is 0 Å². The van der Waals surface area contributed by atoms with E-state index in [0.717, 1.165) is 12.8 Å². The van der Waals surface area contributed by atoms with Gasteiger partial charge in [0, 0.05) is 25.9 Å². The van der Waals surface area contributed by atoms with E-state index >= 15 is 0 Å². The highest BCUT2D eigenvalue weighted by Crippen LogP contribution is 2.48. The van der Waals surface area contributed by atoms with Crippen LogP contribution < -0.4 is 5.32 Å². The second kappa shape index (κ2) is 8.76. The Morgan fingerprint density at radius 2 is 1.74 bits per heavy atom. The molecule has 0 saturated carbocycles. The standard InChI is InChI=1S/C20H27F3N2O2/c1-3-13-25(14-4-2)18(27)10-9-17(26)24-19(20(21,22)23)12-11-15-7-5-6-8-16(15)19/h5-8H,3-4,9-14H2,1-2H3,(H,24,26)/t19-/m0/s1. The Kier molecular flexibility index (Phi) is 6.89. The summed E-state index contributed by atoms with van der Waals surface area (Å²) in [5, 5.41) is 2.21. The SMILES string of the molecule is CCCN(CCC)C(=O)CCC(=O)N[C@@]1(C(F)(F)F)CCc2ccccc21. The molecule has 1 aromatic rings. The fourth-order valence-corrected chi connectivity index (χ4v) is 3.69. The Balaban J connectivity index is 2.07. The molecule has 150 valence electrons. The van der Waals surface area contributed by atoms with E-state index in [9.17, 15) is 22.8 Å². The number of benzene rings is 1. The molecule has 2 amide bonds. The Hall–Kier alpha value is -2.05. The molecular formula is C20H27F3N2O2. The van der Waals surface area contributed by atoms with Crippen LogP contribution in [0.4, 0.5) is 13.2 Å². The quantitative estimate of drug-likeness (QED) is 0.738. The average molecular weight is 384 g/mol. The molecule has 0 radical (unpaired) electrons. The van der Waals surface area contributed by atoms with Crippen molar-refractivity contribution in [3.05, 3.63) is 35.4 Å². The van der Waals surface area contributed by atoms with Gasteiger partial charge in [-0.3, -0.25) is 9.59 Å². The maximum Gasteiger partial charge on any atom is 0.415 e. The molecule has 1 aliphatic rings. The van der Waals surface area contributed by atoms with Gasteiger partial charge >= 0.3 is 6.18 Å². The summed E-state index contributed by atoms with van der Waals surface area (Å²) in [6, 6.07) is 6.33. The van der Waals surface area contributed by atoms with E-state index in [1.807, 2.05) is 13.8 Å². The Labute approximate surface area is 158 Å². The molecule has 7 heteroatoms. The van der Waals surface area contributed by atoms with Crippen molar-refractivity contribution in [3.8, 4) is 0 Å². The van der Waals surface area contributed by atoms with Gasteiger partial charge < -0.3 is 10.2 Å². The lowest BCUT2D eigenvalue weighted by Crippen LogP contribution is -2.54. The van der Waals surface area contributed by atoms with Crippen molar-refractivity contribution in [1.29, 1.82) is 0 Å². The number of hydrogen-bond donors (Lipinski definition) is 1. The summed E-state index contributed by atoms with van der Waals surface area (Å²) in [4.78, 5) is 26.2. The van der Waals surface area contributed by atoms with Gasteiger partial charge in [0.15, 0.2) is 5.54 Å². The molecule has 0 unspecified atom stereocenters. The molecule has 0 aromatic heterocycles. The first-order valence-electron chi connectivity index (χ1n) is 9.49. The van der Waals surface area contributed by atoms with Gasteiger partial charge in [0.2, 0.25) is 11.8 Å². The van der Waals surface area contributed by atoms with Crippen LogP contribution >= 0.6 is 0 Å². The first-order chi connectivity index (χ1) is 12.7. The number of alkyl halides is 3. The minimum atomic E-state index is -4.60. The second-order valence-corrected chi connectivity index (χ2v) is 6.99. The monoisotopic (exact) mass is 384 g/mol. The number of rotatable bonds is 8. The van der Waals surface area contributed by atoms with Crippen molar-refractivity contribution in [2.45, 2.75) is 64.1 Å². The van der Waals surface area contributed by atoms with Crippen molar-refractivity contribution >= 4 is 11.8 Å². The number of amides is 2. The third-order valence-corrected chi connectivity index (χ3v) is 4.99. The number of hydrogen-bond acceptors (Lipinski definition) is 2. The van der Waals surface area contributed by atoms with Crippen molar-refractivity contribution < 1.29 is 22.8 Å². The minimum absolute atomic E-state index is 0.0819. The Morgan fingerprint density at radius 3 is 2.33 bits per heavy atom. The van der Waals surface area contributed by atoms with Crippen molar-refractivity contribution in [2.24, 2.45) is 0 Å². The second-order valence-electron chi connectivity index (χ2n) is 6.99. The lowest BCUT2D eigenvalue weighted by molar-refractivity contribution is -0.202. The van der Waals surface area contributed by atoms with Crippen LogP contribution in [0.3, 0.4) is 0 Å². The molecular weight excluding hydrogens is 357 g/mol. The number of aryl methyl sites for hydroxylation is 1. The number of fused-ring (bicyclic) bond motifs is 1. The summed E-state index contributed by atoms with van der Waals surface area (Å²) in [7, 11) is 0. The molecule has 1 aliphatic carbocycles. The van der Waals surface area contributed by atoms with Gasteiger partial charge in [0.1, 0.15) is 0 Å². The zero-order valence-electron chi connectivity index (χ0n) is 15.9. The third kappa shape index (κ3) is 4.62. The maximum atomic E-state index is 13.9. The zero-order chi connectivity index (χ0) is 20.1. The van der Waals surface area contributed by atoms with E-state index in [1.54, 1.807) is 23.1 Å². The lowest BCUT2D eigenvalue weighted by Gasteiger charge is -2.34. The van der Waals surface area contributed by atoms with Crippen LogP contribution in [0.25, 0.3) is 0 Å². The predicted octanol–water partition coefficient (Wildman–Crippen LogP) is 3.94. The van der Waals surface area contributed by atoms with E-state index in [1.165, 1.54) is 6.07 Å². The van der Waals surface area contributed by atoms with E-state index in [0.29, 0.717) is 18.7 Å². The minimum Gasteiger partial charge on any atom is -0.343 e. The van der Waals surface area contributed by atoms with E-state index < -0.39 is 17.6 Å². The number of nitrogens with one attached hydrogen (secondary N) is 1. The molecule has 0 bridgehead atoms. The molecule has 27 heavy (non-hydrogen) atoms. The Morgan fingerprint density at radius 1 is 1.11 bits per heavy atom. The first-order valence-corrected chi connectivity index (χ1v) is 9.49. The number of halogens is 3. The average Bonchev–Trinajstić information content (AvgIpc) is 2.99.